The molecule has 0 bridgehead atoms. The first kappa shape index (κ1) is 20.0. The van der Waals surface area contributed by atoms with Gasteiger partial charge in [0.05, 0.1) is 15.5 Å². The fourth-order valence-electron chi connectivity index (χ4n) is 2.65. The van der Waals surface area contributed by atoms with Crippen molar-refractivity contribution in [2.45, 2.75) is 23.6 Å². The molecule has 0 saturated carbocycles. The summed E-state index contributed by atoms with van der Waals surface area (Å²) in [7, 11) is 0. The average Bonchev–Trinajstić information content (AvgIpc) is 3.22. The number of halogens is 1. The normalized spacial score (nSPS) is 10.9. The van der Waals surface area contributed by atoms with Crippen molar-refractivity contribution >= 4 is 29.1 Å². The Morgan fingerprint density at radius 1 is 1.10 bits per heavy atom. The smallest absolute Gasteiger partial charge is 0.283 e. The lowest BCUT2D eigenvalue weighted by Crippen LogP contribution is -1.97. The van der Waals surface area contributed by atoms with Crippen LogP contribution in [0.3, 0.4) is 0 Å². The maximum atomic E-state index is 10.9. The molecule has 0 aliphatic carbocycles. The van der Waals surface area contributed by atoms with Gasteiger partial charge in [-0.3, -0.25) is 10.1 Å². The quantitative estimate of drug-likeness (QED) is 0.221. The van der Waals surface area contributed by atoms with Crippen molar-refractivity contribution in [1.29, 1.82) is 0 Å². The zero-order valence-corrected chi connectivity index (χ0v) is 17.2. The van der Waals surface area contributed by atoms with Crippen molar-refractivity contribution in [1.82, 2.24) is 20.2 Å². The van der Waals surface area contributed by atoms with Gasteiger partial charge in [0.1, 0.15) is 5.03 Å². The van der Waals surface area contributed by atoms with Gasteiger partial charge in [0.15, 0.2) is 5.82 Å². The van der Waals surface area contributed by atoms with Gasteiger partial charge in [-0.25, -0.2) is 9.97 Å². The molecule has 2 aromatic carbocycles. The van der Waals surface area contributed by atoms with Gasteiger partial charge in [-0.05, 0) is 48.5 Å². The Balaban J connectivity index is 1.63. The van der Waals surface area contributed by atoms with Gasteiger partial charge >= 0.3 is 0 Å². The van der Waals surface area contributed by atoms with Crippen LogP contribution in [0.1, 0.15) is 12.6 Å². The minimum absolute atomic E-state index is 0.0120. The first-order valence-electron chi connectivity index (χ1n) is 8.92. The van der Waals surface area contributed by atoms with Crippen LogP contribution in [0.2, 0.25) is 5.02 Å². The van der Waals surface area contributed by atoms with E-state index in [1.807, 2.05) is 25.1 Å². The van der Waals surface area contributed by atoms with Gasteiger partial charge in [0, 0.05) is 23.4 Å². The van der Waals surface area contributed by atoms with Gasteiger partial charge < -0.3 is 4.42 Å². The van der Waals surface area contributed by atoms with Crippen LogP contribution >= 0.6 is 23.4 Å². The molecule has 4 aromatic rings. The second-order valence-electron chi connectivity index (χ2n) is 6.13. The number of aromatic nitrogens is 4. The molecule has 0 aliphatic rings. The van der Waals surface area contributed by atoms with Crippen LogP contribution in [0.4, 0.5) is 5.69 Å². The van der Waals surface area contributed by atoms with Crippen molar-refractivity contribution in [3.63, 3.8) is 0 Å². The van der Waals surface area contributed by atoms with Crippen molar-refractivity contribution in [2.24, 2.45) is 0 Å². The van der Waals surface area contributed by atoms with Gasteiger partial charge in [0.2, 0.25) is 5.89 Å². The number of hydrogen-bond acceptors (Lipinski definition) is 8. The first-order chi connectivity index (χ1) is 14.5. The predicted molar refractivity (Wildman–Crippen MR) is 112 cm³/mol. The Kier molecular flexibility index (Phi) is 5.73. The van der Waals surface area contributed by atoms with Gasteiger partial charge in [0.25, 0.3) is 10.9 Å². The van der Waals surface area contributed by atoms with E-state index in [1.54, 1.807) is 24.3 Å². The van der Waals surface area contributed by atoms with Crippen LogP contribution in [0, 0.1) is 10.1 Å². The molecular formula is C20H14ClN5O3S. The summed E-state index contributed by atoms with van der Waals surface area (Å²) in [5.74, 6) is 0.793. The zero-order valence-electron chi connectivity index (χ0n) is 15.7. The van der Waals surface area contributed by atoms with E-state index in [2.05, 4.69) is 20.2 Å². The van der Waals surface area contributed by atoms with Crippen molar-refractivity contribution in [3.05, 3.63) is 75.4 Å². The first-order valence-corrected chi connectivity index (χ1v) is 10.1. The van der Waals surface area contributed by atoms with Crippen LogP contribution in [0.5, 0.6) is 0 Å². The second-order valence-corrected chi connectivity index (χ2v) is 7.51. The second kappa shape index (κ2) is 8.60. The SMILES string of the molecule is CCc1cc(Sc2nnc(-c3ccccc3Cl)o2)nc(-c2ccc([N+](=O)[O-])cc2)n1. The number of rotatable bonds is 6. The molecule has 0 N–H and O–H groups in total. The van der Waals surface area contributed by atoms with Gasteiger partial charge in [-0.15, -0.1) is 10.2 Å². The Morgan fingerprint density at radius 2 is 1.87 bits per heavy atom. The Bertz CT molecular complexity index is 1210. The van der Waals surface area contributed by atoms with Gasteiger partial charge in [-0.1, -0.05) is 30.7 Å². The minimum atomic E-state index is -0.444. The molecule has 30 heavy (non-hydrogen) atoms. The van der Waals surface area contributed by atoms with Crippen molar-refractivity contribution in [3.8, 4) is 22.8 Å². The van der Waals surface area contributed by atoms with E-state index in [0.717, 1.165) is 5.69 Å². The summed E-state index contributed by atoms with van der Waals surface area (Å²) in [5, 5.41) is 20.5. The van der Waals surface area contributed by atoms with E-state index in [9.17, 15) is 10.1 Å². The molecule has 0 spiro atoms. The average molecular weight is 440 g/mol. The molecule has 4 rings (SSSR count). The topological polar surface area (TPSA) is 108 Å². The molecule has 0 amide bonds. The number of nitrogens with zero attached hydrogens (tertiary/aromatic N) is 5. The third-order valence-electron chi connectivity index (χ3n) is 4.16. The lowest BCUT2D eigenvalue weighted by atomic mass is 10.2. The monoisotopic (exact) mass is 439 g/mol. The summed E-state index contributed by atoms with van der Waals surface area (Å²) in [6.07, 6.45) is 0.699. The molecule has 0 radical (unpaired) electrons. The number of nitro groups is 1. The summed E-state index contributed by atoms with van der Waals surface area (Å²) < 4.78 is 5.74. The highest BCUT2D eigenvalue weighted by Gasteiger charge is 2.15. The van der Waals surface area contributed by atoms with Crippen molar-refractivity contribution < 1.29 is 9.34 Å². The standard InChI is InChI=1S/C20H14ClN5O3S/c1-2-13-11-17(23-18(22-13)12-7-9-14(10-8-12)26(27)28)30-20-25-24-19(29-20)15-5-3-4-6-16(15)21/h3-11H,2H2,1H3. The third kappa shape index (κ3) is 4.32. The van der Waals surface area contributed by atoms with Crippen LogP contribution in [-0.2, 0) is 6.42 Å². The summed E-state index contributed by atoms with van der Waals surface area (Å²) in [6.45, 7) is 1.98. The van der Waals surface area contributed by atoms with E-state index in [0.29, 0.717) is 44.5 Å². The molecule has 0 saturated heterocycles. The predicted octanol–water partition coefficient (Wildman–Crippen LogP) is 5.47. The number of aryl methyl sites for hydroxylation is 1. The Hall–Kier alpha value is -3.30. The molecule has 2 aromatic heterocycles. The Morgan fingerprint density at radius 3 is 2.57 bits per heavy atom. The van der Waals surface area contributed by atoms with E-state index in [1.165, 1.54) is 23.9 Å². The highest BCUT2D eigenvalue weighted by Crippen LogP contribution is 2.32. The molecule has 0 unspecified atom stereocenters. The fourth-order valence-corrected chi connectivity index (χ4v) is 3.58. The summed E-state index contributed by atoms with van der Waals surface area (Å²) in [6, 6.07) is 15.2. The molecule has 10 heteroatoms. The van der Waals surface area contributed by atoms with Crippen LogP contribution in [0.25, 0.3) is 22.8 Å². The van der Waals surface area contributed by atoms with Crippen LogP contribution in [0.15, 0.2) is 69.3 Å². The van der Waals surface area contributed by atoms with E-state index in [-0.39, 0.29) is 5.69 Å². The van der Waals surface area contributed by atoms with Crippen LogP contribution < -0.4 is 0 Å². The van der Waals surface area contributed by atoms with Crippen molar-refractivity contribution in [2.75, 3.05) is 0 Å². The van der Waals surface area contributed by atoms with Crippen LogP contribution in [-0.4, -0.2) is 25.1 Å². The lowest BCUT2D eigenvalue weighted by Gasteiger charge is -2.05. The van der Waals surface area contributed by atoms with E-state index in [4.69, 9.17) is 16.0 Å². The molecule has 8 nitrogen and oxygen atoms in total. The number of non-ortho nitro benzene ring substituents is 1. The van der Waals surface area contributed by atoms with Gasteiger partial charge in [-0.2, -0.15) is 0 Å². The summed E-state index contributed by atoms with van der Waals surface area (Å²) >= 11 is 7.40. The maximum Gasteiger partial charge on any atom is 0.283 e. The van der Waals surface area contributed by atoms with E-state index >= 15 is 0 Å². The van der Waals surface area contributed by atoms with E-state index < -0.39 is 4.92 Å². The lowest BCUT2D eigenvalue weighted by molar-refractivity contribution is -0.384. The molecule has 0 aliphatic heterocycles. The fraction of sp³-hybridized carbons (Fsp3) is 0.100. The zero-order chi connectivity index (χ0) is 21.1. The summed E-state index contributed by atoms with van der Waals surface area (Å²) in [5.41, 5.74) is 2.17. The summed E-state index contributed by atoms with van der Waals surface area (Å²) in [4.78, 5) is 19.5. The Labute approximate surface area is 180 Å². The molecule has 0 atom stereocenters. The molecule has 150 valence electrons. The number of benzene rings is 2. The third-order valence-corrected chi connectivity index (χ3v) is 5.24. The highest BCUT2D eigenvalue weighted by molar-refractivity contribution is 7.99. The minimum Gasteiger partial charge on any atom is -0.411 e. The molecular weight excluding hydrogens is 426 g/mol. The molecule has 2 heterocycles. The number of nitro benzene ring substituents is 1. The maximum absolute atomic E-state index is 10.9. The number of hydrogen-bond donors (Lipinski definition) is 0. The largest absolute Gasteiger partial charge is 0.411 e. The molecule has 0 fully saturated rings. The highest BCUT2D eigenvalue weighted by atomic mass is 35.5.